The van der Waals surface area contributed by atoms with E-state index in [1.807, 2.05) is 118 Å². The van der Waals surface area contributed by atoms with E-state index in [2.05, 4.69) is 155 Å². The van der Waals surface area contributed by atoms with E-state index in [9.17, 15) is 10.2 Å². The molecule has 0 fully saturated rings. The van der Waals surface area contributed by atoms with Gasteiger partial charge in [0.05, 0.1) is 37.3 Å². The summed E-state index contributed by atoms with van der Waals surface area (Å²) in [7, 11) is 1.70. The molecule has 2 aliphatic rings. The number of rotatable bonds is 16. The van der Waals surface area contributed by atoms with Crippen molar-refractivity contribution in [2.75, 3.05) is 38.9 Å². The monoisotopic (exact) mass is 1200 g/mol. The van der Waals surface area contributed by atoms with Gasteiger partial charge < -0.3 is 40.0 Å². The Bertz CT molecular complexity index is 2320. The number of ether oxygens (including phenoxy) is 4. The number of nitrogens with one attached hydrogen (secondary N) is 1. The number of nitrogens with two attached hydrogens (primary N) is 1. The number of aliphatic imine (C=N–C) groups is 2. The van der Waals surface area contributed by atoms with Crippen LogP contribution in [0.5, 0.6) is 0 Å². The largest absolute Gasteiger partial charge is 0.471 e. The predicted molar refractivity (Wildman–Crippen MR) is 357 cm³/mol. The molecule has 2 aliphatic heterocycles. The van der Waals surface area contributed by atoms with Crippen LogP contribution in [0.2, 0.25) is 0 Å². The van der Waals surface area contributed by atoms with Crippen LogP contribution < -0.4 is 10.6 Å². The Morgan fingerprint density at radius 3 is 1.18 bits per heavy atom. The number of hydrogen-bond donors (Lipinski definition) is 5. The van der Waals surface area contributed by atoms with Gasteiger partial charge in [0.15, 0.2) is 11.8 Å². The van der Waals surface area contributed by atoms with Crippen molar-refractivity contribution in [3.05, 3.63) is 255 Å². The van der Waals surface area contributed by atoms with E-state index in [-0.39, 0.29) is 49.1 Å². The topological polar surface area (TPSA) is 160 Å². The van der Waals surface area contributed by atoms with Gasteiger partial charge in [-0.2, -0.15) is 0 Å². The molecule has 458 valence electrons. The van der Waals surface area contributed by atoms with Gasteiger partial charge in [-0.15, -0.1) is 62.7 Å². The second kappa shape index (κ2) is 57.9. The molecule has 0 saturated heterocycles. The average molecular weight is 1200 g/mol. The minimum Gasteiger partial charge on any atom is -0.471 e. The maximum absolute atomic E-state index is 9.50. The molecule has 8 rings (SSSR count). The van der Waals surface area contributed by atoms with E-state index in [1.54, 1.807) is 19.2 Å². The number of nitrogens with zero attached hydrogens (tertiary/aromatic N) is 2. The molecular weight excluding hydrogens is 1100 g/mol. The molecule has 0 bridgehead atoms. The molecule has 6 aromatic carbocycles. The van der Waals surface area contributed by atoms with Gasteiger partial charge >= 0.3 is 0 Å². The van der Waals surface area contributed by atoms with Crippen molar-refractivity contribution in [3.8, 4) is 0 Å². The summed E-state index contributed by atoms with van der Waals surface area (Å²) >= 11 is 14.8. The van der Waals surface area contributed by atoms with E-state index in [1.165, 1.54) is 16.7 Å². The molecule has 0 spiro atoms. The molecule has 7 atom stereocenters. The zero-order valence-electron chi connectivity index (χ0n) is 50.8. The molecular formula is C69H99Cl3N4O7. The first-order chi connectivity index (χ1) is 40.5. The minimum absolute atomic E-state index is 0.0103. The van der Waals surface area contributed by atoms with Crippen molar-refractivity contribution in [1.29, 1.82) is 0 Å². The zero-order valence-corrected chi connectivity index (χ0v) is 53.0. The first-order valence-electron chi connectivity index (χ1n) is 27.9. The van der Waals surface area contributed by atoms with Crippen LogP contribution >= 0.6 is 35.0 Å². The molecule has 0 aliphatic carbocycles. The van der Waals surface area contributed by atoms with Gasteiger partial charge in [-0.3, -0.25) is 0 Å². The second-order valence-corrected chi connectivity index (χ2v) is 18.0. The van der Waals surface area contributed by atoms with Crippen molar-refractivity contribution < 1.29 is 34.3 Å². The summed E-state index contributed by atoms with van der Waals surface area (Å²) in [6.07, 6.45) is 3.92. The Hall–Kier alpha value is -5.93. The lowest BCUT2D eigenvalue weighted by atomic mass is 10.0. The van der Waals surface area contributed by atoms with Gasteiger partial charge in [0, 0.05) is 26.6 Å². The number of methoxy groups -OCH3 is 1. The Labute approximate surface area is 515 Å². The van der Waals surface area contributed by atoms with Crippen molar-refractivity contribution in [3.63, 3.8) is 0 Å². The number of hydrogen-bond acceptors (Lipinski definition) is 11. The Morgan fingerprint density at radius 1 is 0.566 bits per heavy atom. The summed E-state index contributed by atoms with van der Waals surface area (Å²) in [5.74, 6) is 1.57. The van der Waals surface area contributed by atoms with Crippen molar-refractivity contribution in [2.45, 2.75) is 123 Å². The van der Waals surface area contributed by atoms with Crippen LogP contribution in [0.1, 0.15) is 112 Å². The van der Waals surface area contributed by atoms with E-state index in [0.29, 0.717) is 13.2 Å². The number of aryl methyl sites for hydroxylation is 3. The molecule has 0 saturated carbocycles. The highest BCUT2D eigenvalue weighted by molar-refractivity contribution is 6.40. The van der Waals surface area contributed by atoms with Crippen LogP contribution in [0.15, 0.2) is 231 Å². The fourth-order valence-corrected chi connectivity index (χ4v) is 7.27. The molecule has 0 radical (unpaired) electrons. The lowest BCUT2D eigenvalue weighted by molar-refractivity contribution is 0.0531. The SMILES string of the molecule is C=C.C=C.C=C.CCC1=NC(CO)C(c2ccccc2)O1.CCC1=NC(COC)C(c2ccccc2)O1.CCOC(CC)NCl.CCc1ccccc1.CCc1ccccc1.Cc1ccccc1.ClCCl.N[C@@H](CO)[C@H](O)c1ccccc1. The Kier molecular flexibility index (Phi) is 56.7. The number of halogens is 3. The van der Waals surface area contributed by atoms with E-state index < -0.39 is 12.1 Å². The summed E-state index contributed by atoms with van der Waals surface area (Å²) < 4.78 is 21.8. The van der Waals surface area contributed by atoms with Crippen molar-refractivity contribution in [1.82, 2.24) is 4.84 Å². The molecule has 6 aromatic rings. The molecule has 11 nitrogen and oxygen atoms in total. The van der Waals surface area contributed by atoms with Crippen LogP contribution in [-0.4, -0.2) is 90.3 Å². The fraction of sp³-hybridized carbons (Fsp3) is 0.362. The normalized spacial score (nSPS) is 15.6. The van der Waals surface area contributed by atoms with Crippen LogP contribution in [0.4, 0.5) is 0 Å². The van der Waals surface area contributed by atoms with Crippen molar-refractivity contribution >= 4 is 46.8 Å². The average Bonchev–Trinajstić information content (AvgIpc) is 4.26. The molecule has 2 heterocycles. The van der Waals surface area contributed by atoms with Gasteiger partial charge in [0.25, 0.3) is 0 Å². The maximum Gasteiger partial charge on any atom is 0.184 e. The standard InChI is InChI=1S/C13H17NO2.C12H15NO2.C9H13NO2.2C8H10.C7H8.C5H12ClNO.3C2H4.CH2Cl2/c1-3-12-14-11(9-15-2)13(16-12)10-7-5-4-6-8-10;1-2-11-13-10(8-14)12(15-11)9-6-4-3-5-7-9;10-8(6-11)9(12)7-4-2-1-3-5-7;2*1-2-8-6-4-3-5-7-8;1-7-5-3-2-4-6-7;1-3-5(7-6)8-4-2;3*1-2;2-1-3/h4-8,11,13H,3,9H2,1-2H3;3-7,10,12,14H,2,8H2,1H3;1-5,8-9,11-12H,6,10H2;2*3-7H,2H2,1H3;2-6H,1H3;5,7H,3-4H2,1-2H3;3*1-2H2;1H2/t;;8-,9+;;;;;;;;/m..0......../s1. The van der Waals surface area contributed by atoms with E-state index >= 15 is 0 Å². The van der Waals surface area contributed by atoms with Gasteiger partial charge in [-0.25, -0.2) is 14.8 Å². The molecule has 6 N–H and O–H groups in total. The second-order valence-electron chi connectivity index (χ2n) is 17.0. The highest BCUT2D eigenvalue weighted by atomic mass is 35.5. The smallest absolute Gasteiger partial charge is 0.184 e. The summed E-state index contributed by atoms with van der Waals surface area (Å²) in [6, 6.07) is 59.7. The lowest BCUT2D eigenvalue weighted by Crippen LogP contribution is -2.31. The van der Waals surface area contributed by atoms with Crippen LogP contribution in [0, 0.1) is 6.92 Å². The Balaban J connectivity index is -0.000000895. The maximum atomic E-state index is 9.50. The molecule has 0 aromatic heterocycles. The third-order valence-electron chi connectivity index (χ3n) is 11.3. The molecule has 14 heteroatoms. The van der Waals surface area contributed by atoms with Gasteiger partial charge in [-0.05, 0) is 72.7 Å². The number of benzene rings is 6. The van der Waals surface area contributed by atoms with Crippen LogP contribution in [0.25, 0.3) is 0 Å². The third-order valence-corrected chi connectivity index (χ3v) is 11.5. The minimum atomic E-state index is -0.781. The zero-order chi connectivity index (χ0) is 62.9. The molecule has 83 heavy (non-hydrogen) atoms. The van der Waals surface area contributed by atoms with E-state index in [0.717, 1.165) is 60.6 Å². The van der Waals surface area contributed by atoms with Crippen LogP contribution in [0.3, 0.4) is 0 Å². The predicted octanol–water partition coefficient (Wildman–Crippen LogP) is 16.4. The number of aliphatic hydroxyl groups is 3. The number of aliphatic hydroxyl groups excluding tert-OH is 3. The first-order valence-corrected chi connectivity index (χ1v) is 29.4. The van der Waals surface area contributed by atoms with E-state index in [4.69, 9.17) is 64.8 Å². The quantitative estimate of drug-likeness (QED) is 0.0275. The lowest BCUT2D eigenvalue weighted by Gasteiger charge is -2.17. The molecule has 0 amide bonds. The highest BCUT2D eigenvalue weighted by Crippen LogP contribution is 2.31. The summed E-state index contributed by atoms with van der Waals surface area (Å²) in [4.78, 5) is 11.4. The van der Waals surface area contributed by atoms with Gasteiger partial charge in [0.1, 0.15) is 30.5 Å². The summed E-state index contributed by atoms with van der Waals surface area (Å²) in [6.45, 7) is 33.5. The van der Waals surface area contributed by atoms with Gasteiger partial charge in [0.2, 0.25) is 0 Å². The Morgan fingerprint density at radius 2 is 0.916 bits per heavy atom. The fourth-order valence-electron chi connectivity index (χ4n) is 7.05. The van der Waals surface area contributed by atoms with Crippen LogP contribution in [-0.2, 0) is 31.8 Å². The number of alkyl halides is 2. The van der Waals surface area contributed by atoms with Gasteiger partial charge in [-0.1, -0.05) is 222 Å². The van der Waals surface area contributed by atoms with Crippen molar-refractivity contribution in [2.24, 2.45) is 15.7 Å². The third kappa shape index (κ3) is 38.5. The summed E-state index contributed by atoms with van der Waals surface area (Å²) in [5.41, 5.74) is 12.6. The highest BCUT2D eigenvalue weighted by Gasteiger charge is 2.32. The first kappa shape index (κ1) is 81.3. The summed E-state index contributed by atoms with van der Waals surface area (Å²) in [5, 5.41) is 27.6. The molecule has 5 unspecified atom stereocenters.